The summed E-state index contributed by atoms with van der Waals surface area (Å²) in [7, 11) is 1.58. The SMILES string of the molecule is COc1cc2c(Oc3ccc(CC(=O)N/N=C(\C)c4ccccc4)cc3F)ccnc2cc1OCCCN1CCCC1. The van der Waals surface area contributed by atoms with E-state index in [4.69, 9.17) is 14.2 Å². The topological polar surface area (TPSA) is 85.3 Å². The van der Waals surface area contributed by atoms with Crippen LogP contribution in [0.25, 0.3) is 10.9 Å². The summed E-state index contributed by atoms with van der Waals surface area (Å²) in [4.78, 5) is 19.3. The Balaban J connectivity index is 1.23. The van der Waals surface area contributed by atoms with E-state index in [-0.39, 0.29) is 18.1 Å². The highest BCUT2D eigenvalue weighted by Crippen LogP contribution is 2.37. The van der Waals surface area contributed by atoms with Crippen molar-refractivity contribution in [3.05, 3.63) is 89.9 Å². The highest BCUT2D eigenvalue weighted by Gasteiger charge is 2.15. The van der Waals surface area contributed by atoms with E-state index in [0.29, 0.717) is 46.0 Å². The molecule has 1 aliphatic heterocycles. The van der Waals surface area contributed by atoms with E-state index in [1.807, 2.05) is 43.3 Å². The molecule has 218 valence electrons. The minimum Gasteiger partial charge on any atom is -0.493 e. The minimum atomic E-state index is -0.584. The van der Waals surface area contributed by atoms with Gasteiger partial charge in [0.25, 0.3) is 0 Å². The van der Waals surface area contributed by atoms with Crippen molar-refractivity contribution in [1.29, 1.82) is 0 Å². The Morgan fingerprint density at radius 1 is 1.00 bits per heavy atom. The van der Waals surface area contributed by atoms with Gasteiger partial charge in [0.2, 0.25) is 5.91 Å². The third kappa shape index (κ3) is 7.41. The first-order valence-electron chi connectivity index (χ1n) is 14.2. The van der Waals surface area contributed by atoms with Crippen molar-refractivity contribution in [1.82, 2.24) is 15.3 Å². The van der Waals surface area contributed by atoms with E-state index in [1.54, 1.807) is 31.5 Å². The van der Waals surface area contributed by atoms with E-state index >= 15 is 4.39 Å². The van der Waals surface area contributed by atoms with Gasteiger partial charge in [-0.25, -0.2) is 9.82 Å². The third-order valence-corrected chi connectivity index (χ3v) is 7.18. The molecule has 0 bridgehead atoms. The maximum atomic E-state index is 15.1. The largest absolute Gasteiger partial charge is 0.493 e. The molecule has 2 heterocycles. The number of hydrogen-bond donors (Lipinski definition) is 1. The van der Waals surface area contributed by atoms with Crippen LogP contribution in [0.1, 0.15) is 37.3 Å². The maximum absolute atomic E-state index is 15.1. The van der Waals surface area contributed by atoms with Gasteiger partial charge in [-0.05, 0) is 74.7 Å². The number of nitrogens with zero attached hydrogens (tertiary/aromatic N) is 3. The summed E-state index contributed by atoms with van der Waals surface area (Å²) in [5.41, 5.74) is 5.25. The zero-order chi connectivity index (χ0) is 29.3. The predicted octanol–water partition coefficient (Wildman–Crippen LogP) is 6.12. The summed E-state index contributed by atoms with van der Waals surface area (Å²) in [6.45, 7) is 5.72. The lowest BCUT2D eigenvalue weighted by atomic mass is 10.1. The molecule has 1 amide bonds. The van der Waals surface area contributed by atoms with E-state index in [1.165, 1.54) is 25.0 Å². The lowest BCUT2D eigenvalue weighted by molar-refractivity contribution is -0.120. The number of aromatic nitrogens is 1. The number of ether oxygens (including phenoxy) is 3. The Kier molecular flexibility index (Phi) is 9.61. The second-order valence-electron chi connectivity index (χ2n) is 10.2. The number of likely N-dealkylation sites (tertiary alicyclic amines) is 1. The van der Waals surface area contributed by atoms with Crippen molar-refractivity contribution in [2.45, 2.75) is 32.6 Å². The van der Waals surface area contributed by atoms with Gasteiger partial charge >= 0.3 is 0 Å². The Hall–Kier alpha value is -4.50. The van der Waals surface area contributed by atoms with Crippen LogP contribution in [-0.4, -0.2) is 54.9 Å². The van der Waals surface area contributed by atoms with Gasteiger partial charge in [0.15, 0.2) is 23.1 Å². The Morgan fingerprint density at radius 3 is 2.57 bits per heavy atom. The second-order valence-corrected chi connectivity index (χ2v) is 10.2. The molecular formula is C33H35FN4O4. The number of methoxy groups -OCH3 is 1. The molecule has 1 fully saturated rings. The molecule has 4 aromatic rings. The van der Waals surface area contributed by atoms with Crippen molar-refractivity contribution in [2.75, 3.05) is 33.4 Å². The van der Waals surface area contributed by atoms with Crippen LogP contribution in [0.3, 0.4) is 0 Å². The highest BCUT2D eigenvalue weighted by molar-refractivity contribution is 5.99. The number of amides is 1. The zero-order valence-electron chi connectivity index (χ0n) is 23.9. The van der Waals surface area contributed by atoms with Gasteiger partial charge in [0, 0.05) is 24.2 Å². The molecule has 0 aliphatic carbocycles. The van der Waals surface area contributed by atoms with Crippen LogP contribution < -0.4 is 19.6 Å². The van der Waals surface area contributed by atoms with Gasteiger partial charge in [-0.3, -0.25) is 9.78 Å². The smallest absolute Gasteiger partial charge is 0.244 e. The number of benzene rings is 3. The Morgan fingerprint density at radius 2 is 1.81 bits per heavy atom. The first kappa shape index (κ1) is 29.0. The summed E-state index contributed by atoms with van der Waals surface area (Å²) in [5.74, 6) is 0.681. The predicted molar refractivity (Wildman–Crippen MR) is 161 cm³/mol. The number of rotatable bonds is 12. The first-order chi connectivity index (χ1) is 20.5. The van der Waals surface area contributed by atoms with Gasteiger partial charge in [-0.15, -0.1) is 0 Å². The average molecular weight is 571 g/mol. The van der Waals surface area contributed by atoms with Crippen LogP contribution in [0.2, 0.25) is 0 Å². The molecule has 0 saturated carbocycles. The molecule has 1 N–H and O–H groups in total. The molecule has 1 aliphatic rings. The van der Waals surface area contributed by atoms with Crippen LogP contribution >= 0.6 is 0 Å². The zero-order valence-corrected chi connectivity index (χ0v) is 23.9. The van der Waals surface area contributed by atoms with E-state index in [9.17, 15) is 4.79 Å². The van der Waals surface area contributed by atoms with Crippen molar-refractivity contribution in [3.63, 3.8) is 0 Å². The molecule has 8 nitrogen and oxygen atoms in total. The quantitative estimate of drug-likeness (QED) is 0.125. The molecule has 1 aromatic heterocycles. The van der Waals surface area contributed by atoms with Crippen LogP contribution in [0.4, 0.5) is 4.39 Å². The average Bonchev–Trinajstić information content (AvgIpc) is 3.53. The molecule has 42 heavy (non-hydrogen) atoms. The van der Waals surface area contributed by atoms with Gasteiger partial charge in [-0.1, -0.05) is 36.4 Å². The van der Waals surface area contributed by atoms with Crippen molar-refractivity contribution < 1.29 is 23.4 Å². The van der Waals surface area contributed by atoms with Crippen molar-refractivity contribution in [3.8, 4) is 23.0 Å². The summed E-state index contributed by atoms with van der Waals surface area (Å²) in [5, 5.41) is 4.80. The number of hydrazone groups is 1. The summed E-state index contributed by atoms with van der Waals surface area (Å²) >= 11 is 0. The van der Waals surface area contributed by atoms with Gasteiger partial charge < -0.3 is 19.1 Å². The standard InChI is InChI=1S/C33H35FN4O4/c1-23(25-9-4-3-5-10-25)36-37-33(39)20-24-11-12-30(27(34)19-24)42-29-13-14-35-28-22-32(31(40-2)21-26(28)29)41-18-8-17-38-15-6-7-16-38/h3-5,9-14,19,21-22H,6-8,15-18,20H2,1-2H3,(H,37,39)/b36-23+. The number of hydrogen-bond acceptors (Lipinski definition) is 7. The number of fused-ring (bicyclic) bond motifs is 1. The number of nitrogens with one attached hydrogen (secondary N) is 1. The van der Waals surface area contributed by atoms with Crippen molar-refractivity contribution in [2.24, 2.45) is 5.10 Å². The molecule has 5 rings (SSSR count). The summed E-state index contributed by atoms with van der Waals surface area (Å²) in [6.07, 6.45) is 5.04. The lowest BCUT2D eigenvalue weighted by Gasteiger charge is -2.16. The number of pyridine rings is 1. The van der Waals surface area contributed by atoms with Gasteiger partial charge in [0.1, 0.15) is 5.75 Å². The van der Waals surface area contributed by atoms with Gasteiger partial charge in [-0.2, -0.15) is 5.10 Å². The first-order valence-corrected chi connectivity index (χ1v) is 14.2. The number of carbonyl (C=O) groups excluding carboxylic acids is 1. The molecule has 9 heteroatoms. The van der Waals surface area contributed by atoms with Crippen LogP contribution in [0, 0.1) is 5.82 Å². The van der Waals surface area contributed by atoms with E-state index in [2.05, 4.69) is 20.4 Å². The van der Waals surface area contributed by atoms with E-state index in [0.717, 1.165) is 31.6 Å². The monoisotopic (exact) mass is 570 g/mol. The molecule has 1 saturated heterocycles. The van der Waals surface area contributed by atoms with Crippen LogP contribution in [0.15, 0.2) is 78.0 Å². The Labute approximate surface area is 245 Å². The highest BCUT2D eigenvalue weighted by atomic mass is 19.1. The fourth-order valence-electron chi connectivity index (χ4n) is 4.94. The molecule has 0 atom stereocenters. The summed E-state index contributed by atoms with van der Waals surface area (Å²) < 4.78 is 32.7. The molecule has 0 spiro atoms. The van der Waals surface area contributed by atoms with E-state index < -0.39 is 5.82 Å². The molecule has 0 unspecified atom stereocenters. The number of carbonyl (C=O) groups is 1. The normalized spacial score (nSPS) is 13.7. The molecule has 0 radical (unpaired) electrons. The van der Waals surface area contributed by atoms with Crippen LogP contribution in [-0.2, 0) is 11.2 Å². The fourth-order valence-corrected chi connectivity index (χ4v) is 4.94. The third-order valence-electron chi connectivity index (χ3n) is 7.18. The number of halogens is 1. The Bertz CT molecular complexity index is 1550. The fraction of sp³-hybridized carbons (Fsp3) is 0.303. The van der Waals surface area contributed by atoms with Crippen LogP contribution in [0.5, 0.6) is 23.0 Å². The summed E-state index contributed by atoms with van der Waals surface area (Å²) in [6, 6.07) is 19.3. The molecule has 3 aromatic carbocycles. The lowest BCUT2D eigenvalue weighted by Crippen LogP contribution is -2.21. The molecular weight excluding hydrogens is 535 g/mol. The van der Waals surface area contributed by atoms with Gasteiger partial charge in [0.05, 0.1) is 31.4 Å². The minimum absolute atomic E-state index is 0.0288. The maximum Gasteiger partial charge on any atom is 0.244 e. The van der Waals surface area contributed by atoms with Crippen molar-refractivity contribution >= 4 is 22.5 Å². The second kappa shape index (κ2) is 13.9.